The number of fused-ring (bicyclic) bond motifs is 1. The van der Waals surface area contributed by atoms with Gasteiger partial charge in [0, 0.05) is 5.02 Å². The Bertz CT molecular complexity index is 701. The Hall–Kier alpha value is -1.84. The van der Waals surface area contributed by atoms with Crippen molar-refractivity contribution in [3.05, 3.63) is 70.2 Å². The predicted molar refractivity (Wildman–Crippen MR) is 86.8 cm³/mol. The Kier molecular flexibility index (Phi) is 4.19. The number of carbonyl (C=O) groups is 1. The summed E-state index contributed by atoms with van der Waals surface area (Å²) in [4.78, 5) is 12.1. The van der Waals surface area contributed by atoms with Crippen LogP contribution in [0.3, 0.4) is 0 Å². The molecule has 1 aliphatic carbocycles. The molecule has 2 N–H and O–H groups in total. The van der Waals surface area contributed by atoms with Gasteiger partial charge < -0.3 is 10.4 Å². The van der Waals surface area contributed by atoms with Crippen molar-refractivity contribution in [3.63, 3.8) is 0 Å². The van der Waals surface area contributed by atoms with Gasteiger partial charge in [0.2, 0.25) is 5.91 Å². The highest BCUT2D eigenvalue weighted by atomic mass is 35.5. The number of hydrogen-bond donors (Lipinski definition) is 2. The van der Waals surface area contributed by atoms with Gasteiger partial charge in [-0.3, -0.25) is 4.79 Å². The maximum atomic E-state index is 12.1. The summed E-state index contributed by atoms with van der Waals surface area (Å²) in [7, 11) is 0. The van der Waals surface area contributed by atoms with Gasteiger partial charge in [-0.1, -0.05) is 54.1 Å². The van der Waals surface area contributed by atoms with E-state index < -0.39 is 5.60 Å². The van der Waals surface area contributed by atoms with Crippen LogP contribution in [0.5, 0.6) is 0 Å². The first kappa shape index (κ1) is 15.1. The molecule has 0 bridgehead atoms. The molecular weight excluding hydrogens is 298 g/mol. The van der Waals surface area contributed by atoms with Crippen molar-refractivity contribution in [2.24, 2.45) is 0 Å². The Balaban J connectivity index is 1.63. The van der Waals surface area contributed by atoms with Crippen LogP contribution in [0.15, 0.2) is 48.5 Å². The summed E-state index contributed by atoms with van der Waals surface area (Å²) in [5.74, 6) is -0.133. The van der Waals surface area contributed by atoms with Gasteiger partial charge in [0.25, 0.3) is 0 Å². The van der Waals surface area contributed by atoms with E-state index in [0.29, 0.717) is 11.4 Å². The first-order valence-electron chi connectivity index (χ1n) is 7.39. The summed E-state index contributed by atoms with van der Waals surface area (Å²) >= 11 is 6.06. The molecule has 3 rings (SSSR count). The van der Waals surface area contributed by atoms with Gasteiger partial charge in [0.15, 0.2) is 0 Å². The minimum absolute atomic E-state index is 0.133. The number of aliphatic hydroxyl groups is 1. The molecule has 114 valence electrons. The quantitative estimate of drug-likeness (QED) is 0.911. The molecule has 3 nitrogen and oxygen atoms in total. The number of amides is 1. The van der Waals surface area contributed by atoms with Gasteiger partial charge in [-0.05, 0) is 35.6 Å². The van der Waals surface area contributed by atoms with E-state index >= 15 is 0 Å². The second-order valence-electron chi connectivity index (χ2n) is 5.73. The van der Waals surface area contributed by atoms with Crippen LogP contribution in [0, 0.1) is 0 Å². The van der Waals surface area contributed by atoms with Crippen LogP contribution in [0.4, 0.5) is 0 Å². The van der Waals surface area contributed by atoms with Crippen LogP contribution in [-0.2, 0) is 23.2 Å². The van der Waals surface area contributed by atoms with E-state index in [1.807, 2.05) is 42.5 Å². The molecule has 0 saturated carbocycles. The molecule has 1 amide bonds. The van der Waals surface area contributed by atoms with Gasteiger partial charge in [-0.2, -0.15) is 0 Å². The van der Waals surface area contributed by atoms with Crippen molar-refractivity contribution in [1.82, 2.24) is 5.32 Å². The summed E-state index contributed by atoms with van der Waals surface area (Å²) in [6, 6.07) is 15.1. The summed E-state index contributed by atoms with van der Waals surface area (Å²) in [5, 5.41) is 14.2. The molecule has 0 aliphatic heterocycles. The molecule has 0 saturated heterocycles. The summed E-state index contributed by atoms with van der Waals surface area (Å²) in [6.45, 7) is 0.229. The van der Waals surface area contributed by atoms with Crippen LogP contribution in [0.25, 0.3) is 0 Å². The standard InChI is InChI=1S/C18H18ClNO2/c19-16-8-4-2-6-14(16)11-17(21)20-12-18(22)10-9-13-5-1-3-7-15(13)18/h1-8,22H,9-12H2,(H,20,21)/t18-/m0/s1. The third kappa shape index (κ3) is 3.01. The second-order valence-corrected chi connectivity index (χ2v) is 6.14. The number of carbonyl (C=O) groups excluding carboxylic acids is 1. The first-order chi connectivity index (χ1) is 10.6. The lowest BCUT2D eigenvalue weighted by Crippen LogP contribution is -2.39. The lowest BCUT2D eigenvalue weighted by molar-refractivity contribution is -0.121. The molecule has 0 fully saturated rings. The SMILES string of the molecule is O=C(Cc1ccccc1Cl)NC[C@@]1(O)CCc2ccccc21. The number of halogens is 1. The fourth-order valence-corrected chi connectivity index (χ4v) is 3.18. The zero-order valence-corrected chi connectivity index (χ0v) is 12.9. The highest BCUT2D eigenvalue weighted by molar-refractivity contribution is 6.31. The van der Waals surface area contributed by atoms with E-state index in [0.717, 1.165) is 23.1 Å². The zero-order chi connectivity index (χ0) is 15.6. The normalized spacial score (nSPS) is 19.7. The zero-order valence-electron chi connectivity index (χ0n) is 12.2. The molecule has 2 aromatic carbocycles. The minimum Gasteiger partial charge on any atom is -0.383 e. The number of benzene rings is 2. The van der Waals surface area contributed by atoms with Gasteiger partial charge in [-0.25, -0.2) is 0 Å². The van der Waals surface area contributed by atoms with E-state index in [-0.39, 0.29) is 18.9 Å². The Labute approximate surface area is 134 Å². The predicted octanol–water partition coefficient (Wildman–Crippen LogP) is 2.83. The molecule has 4 heteroatoms. The maximum Gasteiger partial charge on any atom is 0.224 e. The topological polar surface area (TPSA) is 49.3 Å². The van der Waals surface area contributed by atoms with E-state index in [2.05, 4.69) is 5.32 Å². The van der Waals surface area contributed by atoms with Crippen LogP contribution >= 0.6 is 11.6 Å². The molecule has 0 aromatic heterocycles. The van der Waals surface area contributed by atoms with Crippen molar-refractivity contribution >= 4 is 17.5 Å². The Morgan fingerprint density at radius 2 is 1.91 bits per heavy atom. The molecule has 2 aromatic rings. The number of hydrogen-bond acceptors (Lipinski definition) is 2. The van der Waals surface area contributed by atoms with Crippen LogP contribution in [0.2, 0.25) is 5.02 Å². The third-order valence-electron chi connectivity index (χ3n) is 4.21. The molecule has 0 radical (unpaired) electrons. The van der Waals surface area contributed by atoms with Crippen molar-refractivity contribution in [2.75, 3.05) is 6.54 Å². The monoisotopic (exact) mass is 315 g/mol. The lowest BCUT2D eigenvalue weighted by atomic mass is 9.96. The number of nitrogens with one attached hydrogen (secondary N) is 1. The molecule has 22 heavy (non-hydrogen) atoms. The smallest absolute Gasteiger partial charge is 0.224 e. The minimum atomic E-state index is -0.966. The third-order valence-corrected chi connectivity index (χ3v) is 4.58. The molecule has 0 unspecified atom stereocenters. The molecule has 0 spiro atoms. The summed E-state index contributed by atoms with van der Waals surface area (Å²) in [6.07, 6.45) is 1.70. The number of rotatable bonds is 4. The number of aryl methyl sites for hydroxylation is 1. The van der Waals surface area contributed by atoms with Crippen molar-refractivity contribution in [1.29, 1.82) is 0 Å². The van der Waals surface area contributed by atoms with Gasteiger partial charge >= 0.3 is 0 Å². The Morgan fingerprint density at radius 3 is 2.73 bits per heavy atom. The van der Waals surface area contributed by atoms with Crippen molar-refractivity contribution < 1.29 is 9.90 Å². The van der Waals surface area contributed by atoms with E-state index in [4.69, 9.17) is 11.6 Å². The summed E-state index contributed by atoms with van der Waals surface area (Å²) < 4.78 is 0. The fourth-order valence-electron chi connectivity index (χ4n) is 2.97. The van der Waals surface area contributed by atoms with Gasteiger partial charge in [0.05, 0.1) is 13.0 Å². The van der Waals surface area contributed by atoms with E-state index in [1.54, 1.807) is 6.07 Å². The van der Waals surface area contributed by atoms with Crippen molar-refractivity contribution in [3.8, 4) is 0 Å². The van der Waals surface area contributed by atoms with Crippen LogP contribution in [0.1, 0.15) is 23.1 Å². The van der Waals surface area contributed by atoms with Crippen LogP contribution < -0.4 is 5.32 Å². The Morgan fingerprint density at radius 1 is 1.18 bits per heavy atom. The fraction of sp³-hybridized carbons (Fsp3) is 0.278. The maximum absolute atomic E-state index is 12.1. The van der Waals surface area contributed by atoms with Gasteiger partial charge in [-0.15, -0.1) is 0 Å². The van der Waals surface area contributed by atoms with Crippen LogP contribution in [-0.4, -0.2) is 17.6 Å². The molecule has 0 heterocycles. The van der Waals surface area contributed by atoms with Crippen molar-refractivity contribution in [2.45, 2.75) is 24.9 Å². The molecular formula is C18H18ClNO2. The average molecular weight is 316 g/mol. The summed E-state index contributed by atoms with van der Waals surface area (Å²) in [5.41, 5.74) is 1.91. The molecule has 1 aliphatic rings. The van der Waals surface area contributed by atoms with E-state index in [9.17, 15) is 9.90 Å². The second kappa shape index (κ2) is 6.11. The highest BCUT2D eigenvalue weighted by Crippen LogP contribution is 2.36. The average Bonchev–Trinajstić information content (AvgIpc) is 2.86. The molecule has 1 atom stereocenters. The largest absolute Gasteiger partial charge is 0.383 e. The van der Waals surface area contributed by atoms with E-state index in [1.165, 1.54) is 0 Å². The first-order valence-corrected chi connectivity index (χ1v) is 7.77. The highest BCUT2D eigenvalue weighted by Gasteiger charge is 2.36. The lowest BCUT2D eigenvalue weighted by Gasteiger charge is -2.24. The van der Waals surface area contributed by atoms with Gasteiger partial charge in [0.1, 0.15) is 5.60 Å².